The number of para-hydroxylation sites is 2. The van der Waals surface area contributed by atoms with Gasteiger partial charge < -0.3 is 19.3 Å². The highest BCUT2D eigenvalue weighted by molar-refractivity contribution is 6.31. The number of carbonyl (C=O) groups is 1. The van der Waals surface area contributed by atoms with E-state index in [2.05, 4.69) is 0 Å². The van der Waals surface area contributed by atoms with Gasteiger partial charge in [-0.25, -0.2) is 0 Å². The van der Waals surface area contributed by atoms with Crippen molar-refractivity contribution in [2.24, 2.45) is 0 Å². The first-order valence-electron chi connectivity index (χ1n) is 9.15. The molecular formula is C24H17ClO5. The topological polar surface area (TPSA) is 65.0 Å². The van der Waals surface area contributed by atoms with Crippen LogP contribution in [0.2, 0.25) is 5.02 Å². The van der Waals surface area contributed by atoms with Crippen molar-refractivity contribution < 1.29 is 24.1 Å². The van der Waals surface area contributed by atoms with Crippen LogP contribution >= 0.6 is 11.6 Å². The lowest BCUT2D eigenvalue weighted by Gasteiger charge is -2.19. The second-order valence-electron chi connectivity index (χ2n) is 6.45. The third-order valence-corrected chi connectivity index (χ3v) is 4.52. The maximum absolute atomic E-state index is 11.9. The first-order valence-corrected chi connectivity index (χ1v) is 9.53. The second kappa shape index (κ2) is 8.35. The predicted octanol–water partition coefficient (Wildman–Crippen LogP) is 6.71. The van der Waals surface area contributed by atoms with Crippen molar-refractivity contribution in [1.82, 2.24) is 0 Å². The van der Waals surface area contributed by atoms with Crippen LogP contribution < -0.4 is 14.2 Å². The van der Waals surface area contributed by atoms with Gasteiger partial charge in [0.1, 0.15) is 11.5 Å². The van der Waals surface area contributed by atoms with Crippen LogP contribution in [0.25, 0.3) is 10.8 Å². The molecule has 30 heavy (non-hydrogen) atoms. The zero-order valence-electron chi connectivity index (χ0n) is 16.0. The van der Waals surface area contributed by atoms with Gasteiger partial charge in [0.15, 0.2) is 11.5 Å². The molecule has 0 aromatic heterocycles. The lowest BCUT2D eigenvalue weighted by Crippen LogP contribution is -2.05. The molecule has 0 saturated heterocycles. The first kappa shape index (κ1) is 19.6. The van der Waals surface area contributed by atoms with Gasteiger partial charge in [0.2, 0.25) is 11.5 Å². The van der Waals surface area contributed by atoms with E-state index in [4.69, 9.17) is 25.8 Å². The van der Waals surface area contributed by atoms with Gasteiger partial charge in [0, 0.05) is 22.7 Å². The highest BCUT2D eigenvalue weighted by Gasteiger charge is 2.26. The van der Waals surface area contributed by atoms with Crippen LogP contribution in [0.15, 0.2) is 78.9 Å². The van der Waals surface area contributed by atoms with Gasteiger partial charge in [-0.1, -0.05) is 48.0 Å². The fraction of sp³-hybridized carbons (Fsp3) is 0.0417. The summed E-state index contributed by atoms with van der Waals surface area (Å²) < 4.78 is 17.5. The summed E-state index contributed by atoms with van der Waals surface area (Å²) in [6.07, 6.45) is 0. The fourth-order valence-electron chi connectivity index (χ4n) is 3.01. The van der Waals surface area contributed by atoms with E-state index in [0.717, 1.165) is 0 Å². The number of aromatic hydroxyl groups is 1. The quantitative estimate of drug-likeness (QED) is 0.287. The predicted molar refractivity (Wildman–Crippen MR) is 115 cm³/mol. The molecule has 0 heterocycles. The summed E-state index contributed by atoms with van der Waals surface area (Å²) >= 11 is 6.17. The Morgan fingerprint density at radius 3 is 1.90 bits per heavy atom. The molecule has 0 aliphatic carbocycles. The number of fused-ring (bicyclic) bond motifs is 1. The molecule has 0 saturated carbocycles. The summed E-state index contributed by atoms with van der Waals surface area (Å²) in [5, 5.41) is 12.3. The number of hydrogen-bond acceptors (Lipinski definition) is 5. The fourth-order valence-corrected chi connectivity index (χ4v) is 3.18. The van der Waals surface area contributed by atoms with Gasteiger partial charge in [0.25, 0.3) is 0 Å². The first-order chi connectivity index (χ1) is 14.5. The molecule has 0 atom stereocenters. The van der Waals surface area contributed by atoms with E-state index in [9.17, 15) is 9.90 Å². The van der Waals surface area contributed by atoms with E-state index < -0.39 is 5.97 Å². The molecule has 150 valence electrons. The van der Waals surface area contributed by atoms with E-state index in [1.807, 2.05) is 12.1 Å². The highest BCUT2D eigenvalue weighted by atomic mass is 35.5. The van der Waals surface area contributed by atoms with Crippen LogP contribution in [0.4, 0.5) is 0 Å². The highest BCUT2D eigenvalue weighted by Crippen LogP contribution is 2.53. The Kier molecular flexibility index (Phi) is 5.46. The van der Waals surface area contributed by atoms with E-state index in [-0.39, 0.29) is 23.0 Å². The van der Waals surface area contributed by atoms with Gasteiger partial charge in [0.05, 0.1) is 0 Å². The summed E-state index contributed by atoms with van der Waals surface area (Å²) in [4.78, 5) is 11.9. The van der Waals surface area contributed by atoms with Crippen LogP contribution in [0.3, 0.4) is 0 Å². The minimum atomic E-state index is -0.550. The Morgan fingerprint density at radius 1 is 0.767 bits per heavy atom. The average molecular weight is 421 g/mol. The molecule has 4 aromatic rings. The maximum Gasteiger partial charge on any atom is 0.308 e. The number of phenolic OH excluding ortho intramolecular Hbond substituents is 1. The maximum atomic E-state index is 11.9. The van der Waals surface area contributed by atoms with E-state index in [1.54, 1.807) is 66.7 Å². The van der Waals surface area contributed by atoms with Crippen molar-refractivity contribution in [1.29, 1.82) is 0 Å². The molecule has 0 aliphatic rings. The molecule has 4 rings (SSSR count). The summed E-state index contributed by atoms with van der Waals surface area (Å²) in [5.74, 6) is 0.437. The van der Waals surface area contributed by atoms with Gasteiger partial charge in [-0.05, 0) is 42.5 Å². The number of hydrogen-bond donors (Lipinski definition) is 1. The van der Waals surface area contributed by atoms with Crippen molar-refractivity contribution in [3.05, 3.63) is 83.9 Å². The Bertz CT molecular complexity index is 1210. The molecule has 6 heteroatoms. The standard InChI is InChI=1S/C24H17ClO5/c1-15(26)28-22-20-14-16(25)12-13-19(20)21(27)23(29-17-8-4-2-5-9-17)24(22)30-18-10-6-3-7-11-18/h2-14,27H,1H3. The zero-order chi connectivity index (χ0) is 21.1. The summed E-state index contributed by atoms with van der Waals surface area (Å²) in [6.45, 7) is 1.28. The molecule has 0 bridgehead atoms. The molecule has 5 nitrogen and oxygen atoms in total. The van der Waals surface area contributed by atoms with E-state index in [0.29, 0.717) is 27.3 Å². The van der Waals surface area contributed by atoms with Crippen LogP contribution in [0.5, 0.6) is 34.5 Å². The van der Waals surface area contributed by atoms with Crippen LogP contribution in [-0.2, 0) is 4.79 Å². The van der Waals surface area contributed by atoms with Crippen LogP contribution in [-0.4, -0.2) is 11.1 Å². The third kappa shape index (κ3) is 4.02. The zero-order valence-corrected chi connectivity index (χ0v) is 16.7. The molecule has 1 N–H and O–H groups in total. The molecular weight excluding hydrogens is 404 g/mol. The van der Waals surface area contributed by atoms with Crippen LogP contribution in [0.1, 0.15) is 6.92 Å². The van der Waals surface area contributed by atoms with Crippen molar-refractivity contribution in [3.8, 4) is 34.5 Å². The molecule has 0 aliphatic heterocycles. The molecule has 0 spiro atoms. The Hall–Kier alpha value is -3.70. The number of esters is 1. The van der Waals surface area contributed by atoms with Crippen molar-refractivity contribution in [2.45, 2.75) is 6.92 Å². The number of halogens is 1. The molecule has 0 radical (unpaired) electrons. The summed E-state index contributed by atoms with van der Waals surface area (Å²) in [5.41, 5.74) is 0. The van der Waals surface area contributed by atoms with Gasteiger partial charge in [-0.2, -0.15) is 0 Å². The number of carbonyl (C=O) groups excluding carboxylic acids is 1. The third-order valence-electron chi connectivity index (χ3n) is 4.28. The second-order valence-corrected chi connectivity index (χ2v) is 6.89. The number of benzene rings is 4. The Balaban J connectivity index is 2.00. The average Bonchev–Trinajstić information content (AvgIpc) is 2.75. The van der Waals surface area contributed by atoms with Crippen molar-refractivity contribution in [2.75, 3.05) is 0 Å². The lowest BCUT2D eigenvalue weighted by molar-refractivity contribution is -0.131. The molecule has 0 unspecified atom stereocenters. The lowest BCUT2D eigenvalue weighted by atomic mass is 10.1. The number of ether oxygens (including phenoxy) is 3. The number of phenols is 1. The molecule has 0 fully saturated rings. The molecule has 4 aromatic carbocycles. The smallest absolute Gasteiger partial charge is 0.308 e. The summed E-state index contributed by atoms with van der Waals surface area (Å²) in [6, 6.07) is 22.7. The van der Waals surface area contributed by atoms with Crippen LogP contribution in [0, 0.1) is 0 Å². The van der Waals surface area contributed by atoms with E-state index >= 15 is 0 Å². The Morgan fingerprint density at radius 2 is 1.33 bits per heavy atom. The van der Waals surface area contributed by atoms with Gasteiger partial charge in [-0.15, -0.1) is 0 Å². The minimum Gasteiger partial charge on any atom is -0.504 e. The van der Waals surface area contributed by atoms with E-state index in [1.165, 1.54) is 6.92 Å². The van der Waals surface area contributed by atoms with Gasteiger partial charge >= 0.3 is 5.97 Å². The SMILES string of the molecule is CC(=O)Oc1c(Oc2ccccc2)c(Oc2ccccc2)c(O)c2ccc(Cl)cc12. The van der Waals surface area contributed by atoms with Crippen molar-refractivity contribution in [3.63, 3.8) is 0 Å². The normalized spacial score (nSPS) is 10.6. The number of rotatable bonds is 5. The van der Waals surface area contributed by atoms with Crippen molar-refractivity contribution >= 4 is 28.3 Å². The largest absolute Gasteiger partial charge is 0.504 e. The van der Waals surface area contributed by atoms with Gasteiger partial charge in [-0.3, -0.25) is 4.79 Å². The summed E-state index contributed by atoms with van der Waals surface area (Å²) in [7, 11) is 0. The minimum absolute atomic E-state index is 0.0242. The monoisotopic (exact) mass is 420 g/mol. The molecule has 0 amide bonds. The Labute approximate surface area is 178 Å².